The number of fused-ring (bicyclic) bond motifs is 1. The number of ether oxygens (including phenoxy) is 1. The molecule has 2 N–H and O–H groups in total. The van der Waals surface area contributed by atoms with Gasteiger partial charge >= 0.3 is 6.03 Å². The van der Waals surface area contributed by atoms with E-state index in [2.05, 4.69) is 26.6 Å². The van der Waals surface area contributed by atoms with Crippen LogP contribution in [0.3, 0.4) is 0 Å². The maximum Gasteiger partial charge on any atom is 0.318 e. The van der Waals surface area contributed by atoms with Crippen molar-refractivity contribution in [3.63, 3.8) is 0 Å². The van der Waals surface area contributed by atoms with E-state index < -0.39 is 11.4 Å². The Morgan fingerprint density at radius 3 is 2.79 bits per heavy atom. The molecular formula is C26H25FN8O3. The van der Waals surface area contributed by atoms with Gasteiger partial charge in [0, 0.05) is 31.4 Å². The third-order valence-corrected chi connectivity index (χ3v) is 5.89. The van der Waals surface area contributed by atoms with Crippen molar-refractivity contribution in [3.05, 3.63) is 77.8 Å². The Labute approximate surface area is 217 Å². The molecule has 11 nitrogen and oxygen atoms in total. The van der Waals surface area contributed by atoms with Gasteiger partial charge in [-0.25, -0.2) is 23.4 Å². The summed E-state index contributed by atoms with van der Waals surface area (Å²) >= 11 is 0. The number of carbonyl (C=O) groups excluding carboxylic acids is 1. The molecule has 38 heavy (non-hydrogen) atoms. The Kier molecular flexibility index (Phi) is 6.52. The van der Waals surface area contributed by atoms with E-state index in [-0.39, 0.29) is 19.2 Å². The van der Waals surface area contributed by atoms with E-state index in [0.717, 1.165) is 22.9 Å². The minimum absolute atomic E-state index is 0.0760. The number of hydrogen-bond donors (Lipinski definition) is 2. The zero-order valence-electron chi connectivity index (χ0n) is 20.8. The second kappa shape index (κ2) is 9.95. The van der Waals surface area contributed by atoms with Gasteiger partial charge in [-0.05, 0) is 37.1 Å². The normalized spacial score (nSPS) is 13.4. The van der Waals surface area contributed by atoms with Crippen molar-refractivity contribution in [1.29, 1.82) is 5.26 Å². The molecule has 5 heterocycles. The second-order valence-corrected chi connectivity index (χ2v) is 9.55. The van der Waals surface area contributed by atoms with E-state index in [4.69, 9.17) is 4.74 Å². The van der Waals surface area contributed by atoms with Crippen molar-refractivity contribution in [2.24, 2.45) is 0 Å². The predicted octanol–water partition coefficient (Wildman–Crippen LogP) is 2.68. The molecule has 2 amide bonds. The van der Waals surface area contributed by atoms with Crippen LogP contribution in [0.2, 0.25) is 0 Å². The standard InChI is InChI=1S/C26H25FN8O3/c1-26(2,37)16-38-21-7-22(24-19(8-28)11-31-35(24)15-21)18-5-6-33(13-18)25(36)30-10-17-3-4-23(29-9-17)34-14-20(27)12-32-34/h3-5,7,9,11-12,14-15,37H,6,10,13,16H2,1-2H3,(H,30,36). The molecule has 0 radical (unpaired) electrons. The number of nitriles is 1. The van der Waals surface area contributed by atoms with Gasteiger partial charge in [-0.2, -0.15) is 15.5 Å². The smallest absolute Gasteiger partial charge is 0.318 e. The lowest BCUT2D eigenvalue weighted by atomic mass is 10.0. The van der Waals surface area contributed by atoms with Crippen LogP contribution in [0.25, 0.3) is 16.9 Å². The first-order valence-corrected chi connectivity index (χ1v) is 11.8. The number of aromatic nitrogens is 5. The molecule has 0 spiro atoms. The lowest BCUT2D eigenvalue weighted by Crippen LogP contribution is -2.38. The van der Waals surface area contributed by atoms with Crippen LogP contribution in [0.1, 0.15) is 30.5 Å². The molecule has 5 rings (SSSR count). The van der Waals surface area contributed by atoms with Crippen molar-refractivity contribution < 1.29 is 19.0 Å². The van der Waals surface area contributed by atoms with Gasteiger partial charge in [0.1, 0.15) is 18.4 Å². The fourth-order valence-corrected chi connectivity index (χ4v) is 4.04. The Morgan fingerprint density at radius 2 is 2.11 bits per heavy atom. The SMILES string of the molecule is CC(C)(O)COc1cc(C2=CCN(C(=O)NCc3ccc(-n4cc(F)cn4)nc3)C2)c2c(C#N)cnn2c1. The van der Waals surface area contributed by atoms with Crippen LogP contribution in [-0.2, 0) is 6.54 Å². The Bertz CT molecular complexity index is 1560. The molecular weight excluding hydrogens is 491 g/mol. The summed E-state index contributed by atoms with van der Waals surface area (Å²) in [5.41, 5.74) is 2.38. The molecule has 194 valence electrons. The number of pyridine rings is 2. The van der Waals surface area contributed by atoms with Crippen molar-refractivity contribution in [1.82, 2.24) is 34.6 Å². The van der Waals surface area contributed by atoms with E-state index in [1.165, 1.54) is 17.1 Å². The Balaban J connectivity index is 1.26. The van der Waals surface area contributed by atoms with Crippen LogP contribution in [0.5, 0.6) is 5.75 Å². The number of nitrogens with zero attached hydrogens (tertiary/aromatic N) is 7. The van der Waals surface area contributed by atoms with Gasteiger partial charge in [-0.1, -0.05) is 12.1 Å². The van der Waals surface area contributed by atoms with Crippen molar-refractivity contribution in [2.45, 2.75) is 26.0 Å². The molecule has 0 bridgehead atoms. The zero-order valence-corrected chi connectivity index (χ0v) is 20.8. The van der Waals surface area contributed by atoms with E-state index in [1.807, 2.05) is 6.08 Å². The van der Waals surface area contributed by atoms with Crippen LogP contribution < -0.4 is 10.1 Å². The second-order valence-electron chi connectivity index (χ2n) is 9.55. The summed E-state index contributed by atoms with van der Waals surface area (Å²) in [6.07, 6.45) is 9.01. The number of urea groups is 1. The molecule has 0 aromatic carbocycles. The summed E-state index contributed by atoms with van der Waals surface area (Å²) in [7, 11) is 0. The van der Waals surface area contributed by atoms with E-state index >= 15 is 0 Å². The minimum Gasteiger partial charge on any atom is -0.489 e. The third kappa shape index (κ3) is 5.33. The molecule has 0 atom stereocenters. The topological polar surface area (TPSA) is 134 Å². The van der Waals surface area contributed by atoms with Crippen molar-refractivity contribution in [2.75, 3.05) is 19.7 Å². The summed E-state index contributed by atoms with van der Waals surface area (Å²) in [5.74, 6) is 0.502. The summed E-state index contributed by atoms with van der Waals surface area (Å²) in [4.78, 5) is 18.8. The molecule has 1 aliphatic rings. The van der Waals surface area contributed by atoms with Crippen LogP contribution in [0, 0.1) is 17.1 Å². The monoisotopic (exact) mass is 516 g/mol. The molecule has 0 saturated carbocycles. The zero-order chi connectivity index (χ0) is 26.9. The lowest BCUT2D eigenvalue weighted by Gasteiger charge is -2.19. The number of nitrogens with one attached hydrogen (secondary N) is 1. The Morgan fingerprint density at radius 1 is 1.26 bits per heavy atom. The molecule has 4 aromatic heterocycles. The molecule has 0 aliphatic carbocycles. The molecule has 0 unspecified atom stereocenters. The fraction of sp³-hybridized carbons (Fsp3) is 0.269. The van der Waals surface area contributed by atoms with Gasteiger partial charge in [-0.15, -0.1) is 0 Å². The van der Waals surface area contributed by atoms with E-state index in [9.17, 15) is 19.6 Å². The van der Waals surface area contributed by atoms with Gasteiger partial charge in [0.25, 0.3) is 0 Å². The van der Waals surface area contributed by atoms with E-state index in [1.54, 1.807) is 53.9 Å². The molecule has 0 fully saturated rings. The number of amides is 2. The predicted molar refractivity (Wildman–Crippen MR) is 135 cm³/mol. The molecule has 12 heteroatoms. The number of carbonyl (C=O) groups is 1. The maximum atomic E-state index is 13.2. The first-order valence-electron chi connectivity index (χ1n) is 11.8. The van der Waals surface area contributed by atoms with Gasteiger partial charge < -0.3 is 20.1 Å². The third-order valence-electron chi connectivity index (χ3n) is 5.89. The number of hydrogen-bond acceptors (Lipinski definition) is 7. The highest BCUT2D eigenvalue weighted by Gasteiger charge is 2.24. The number of rotatable bonds is 7. The molecule has 0 saturated heterocycles. The average Bonchev–Trinajstić information content (AvgIpc) is 3.65. The first-order chi connectivity index (χ1) is 18.2. The lowest BCUT2D eigenvalue weighted by molar-refractivity contribution is 0.0283. The Hall–Kier alpha value is -4.76. The highest BCUT2D eigenvalue weighted by atomic mass is 19.1. The highest BCUT2D eigenvalue weighted by molar-refractivity contribution is 5.87. The van der Waals surface area contributed by atoms with Crippen molar-refractivity contribution >= 4 is 17.1 Å². The molecule has 1 aliphatic heterocycles. The van der Waals surface area contributed by atoms with Crippen LogP contribution in [-0.4, -0.2) is 65.7 Å². The van der Waals surface area contributed by atoms with Gasteiger partial charge in [0.05, 0.1) is 41.5 Å². The van der Waals surface area contributed by atoms with Crippen LogP contribution in [0.4, 0.5) is 9.18 Å². The number of aliphatic hydroxyl groups is 1. The molecule has 4 aromatic rings. The quantitative estimate of drug-likeness (QED) is 0.386. The highest BCUT2D eigenvalue weighted by Crippen LogP contribution is 2.30. The van der Waals surface area contributed by atoms with Crippen molar-refractivity contribution in [3.8, 4) is 17.6 Å². The largest absolute Gasteiger partial charge is 0.489 e. The summed E-state index contributed by atoms with van der Waals surface area (Å²) in [6.45, 7) is 4.35. The van der Waals surface area contributed by atoms with Crippen LogP contribution >= 0.6 is 0 Å². The maximum absolute atomic E-state index is 13.2. The van der Waals surface area contributed by atoms with Gasteiger partial charge in [0.2, 0.25) is 0 Å². The number of halogens is 1. The average molecular weight is 517 g/mol. The minimum atomic E-state index is -1.02. The summed E-state index contributed by atoms with van der Waals surface area (Å²) in [6, 6.07) is 7.19. The summed E-state index contributed by atoms with van der Waals surface area (Å²) in [5, 5.41) is 30.7. The fourth-order valence-electron chi connectivity index (χ4n) is 4.04. The van der Waals surface area contributed by atoms with Crippen LogP contribution in [0.15, 0.2) is 55.3 Å². The van der Waals surface area contributed by atoms with Gasteiger partial charge in [-0.3, -0.25) is 0 Å². The summed E-state index contributed by atoms with van der Waals surface area (Å²) < 4.78 is 21.9. The van der Waals surface area contributed by atoms with E-state index in [0.29, 0.717) is 35.7 Å². The first kappa shape index (κ1) is 24.9. The van der Waals surface area contributed by atoms with Gasteiger partial charge in [0.15, 0.2) is 11.6 Å².